The van der Waals surface area contributed by atoms with Gasteiger partial charge in [0.05, 0.1) is 5.41 Å². The number of alkyl carbamates (subject to hydrolysis) is 1. The normalized spacial score (nSPS) is 17.5. The maximum Gasteiger partial charge on any atom is 0.407 e. The molecule has 2 aromatic rings. The summed E-state index contributed by atoms with van der Waals surface area (Å²) in [5.41, 5.74) is 4.10. The zero-order valence-electron chi connectivity index (χ0n) is 15.7. The number of hydrogen-bond acceptors (Lipinski definition) is 3. The van der Waals surface area contributed by atoms with Crippen LogP contribution in [-0.2, 0) is 9.53 Å². The number of rotatable bonds is 5. The van der Waals surface area contributed by atoms with Crippen molar-refractivity contribution in [1.82, 2.24) is 5.32 Å². The Bertz CT molecular complexity index is 843. The van der Waals surface area contributed by atoms with E-state index in [2.05, 4.69) is 29.6 Å². The summed E-state index contributed by atoms with van der Waals surface area (Å²) in [4.78, 5) is 24.3. The second-order valence-corrected chi connectivity index (χ2v) is 8.14. The third kappa shape index (κ3) is 3.53. The molecule has 1 fully saturated rings. The molecule has 0 aromatic heterocycles. The van der Waals surface area contributed by atoms with Crippen LogP contribution in [0.15, 0.2) is 48.5 Å². The van der Waals surface area contributed by atoms with Gasteiger partial charge >= 0.3 is 6.09 Å². The summed E-state index contributed by atoms with van der Waals surface area (Å²) in [6, 6.07) is 16.5. The molecule has 5 heteroatoms. The standard InChI is InChI=1S/C23H24ClNO3/c24-21(26)23(12-6-1-7-13-23)15-25-22(27)28-14-20-18-10-4-2-8-16(18)17-9-3-5-11-19(17)20/h2-5,8-11,20H,1,6-7,12-15H2,(H,25,27). The maximum absolute atomic E-state index is 12.3. The van der Waals surface area contributed by atoms with Gasteiger partial charge in [-0.25, -0.2) is 4.79 Å². The fourth-order valence-electron chi connectivity index (χ4n) is 4.56. The van der Waals surface area contributed by atoms with Crippen LogP contribution in [0.4, 0.5) is 4.79 Å². The highest BCUT2D eigenvalue weighted by Gasteiger charge is 2.39. The molecule has 146 valence electrons. The van der Waals surface area contributed by atoms with Crippen LogP contribution in [-0.4, -0.2) is 24.5 Å². The van der Waals surface area contributed by atoms with Crippen LogP contribution in [0.5, 0.6) is 0 Å². The number of carbonyl (C=O) groups excluding carboxylic acids is 2. The Kier molecular flexibility index (Phi) is 5.40. The molecule has 0 heterocycles. The van der Waals surface area contributed by atoms with E-state index in [9.17, 15) is 9.59 Å². The monoisotopic (exact) mass is 397 g/mol. The first-order chi connectivity index (χ1) is 13.6. The first-order valence-corrected chi connectivity index (χ1v) is 10.3. The molecule has 0 unspecified atom stereocenters. The minimum absolute atomic E-state index is 0.0245. The largest absolute Gasteiger partial charge is 0.449 e. The maximum atomic E-state index is 12.3. The summed E-state index contributed by atoms with van der Waals surface area (Å²) in [5, 5.41) is 2.42. The number of amides is 1. The van der Waals surface area contributed by atoms with Crippen molar-refractivity contribution in [3.8, 4) is 11.1 Å². The Hall–Kier alpha value is -2.33. The van der Waals surface area contributed by atoms with Crippen molar-refractivity contribution >= 4 is 22.9 Å². The van der Waals surface area contributed by atoms with Crippen molar-refractivity contribution < 1.29 is 14.3 Å². The minimum Gasteiger partial charge on any atom is -0.449 e. The first-order valence-electron chi connectivity index (χ1n) is 9.89. The predicted octanol–water partition coefficient (Wildman–Crippen LogP) is 5.24. The molecule has 0 bridgehead atoms. The molecule has 4 nitrogen and oxygen atoms in total. The van der Waals surface area contributed by atoms with Crippen molar-refractivity contribution in [3.63, 3.8) is 0 Å². The Labute approximate surface area is 170 Å². The topological polar surface area (TPSA) is 55.4 Å². The average Bonchev–Trinajstić information content (AvgIpc) is 3.05. The van der Waals surface area contributed by atoms with Gasteiger partial charge in [-0.2, -0.15) is 0 Å². The van der Waals surface area contributed by atoms with Gasteiger partial charge in [0.1, 0.15) is 6.61 Å². The Morgan fingerprint density at radius 1 is 0.964 bits per heavy atom. The van der Waals surface area contributed by atoms with Gasteiger partial charge in [-0.05, 0) is 46.7 Å². The molecule has 0 atom stereocenters. The lowest BCUT2D eigenvalue weighted by atomic mass is 9.75. The van der Waals surface area contributed by atoms with E-state index < -0.39 is 11.5 Å². The Balaban J connectivity index is 1.41. The highest BCUT2D eigenvalue weighted by Crippen LogP contribution is 2.44. The van der Waals surface area contributed by atoms with E-state index in [4.69, 9.17) is 16.3 Å². The van der Waals surface area contributed by atoms with Crippen molar-refractivity contribution in [2.75, 3.05) is 13.2 Å². The van der Waals surface area contributed by atoms with Crippen LogP contribution in [0.1, 0.15) is 49.1 Å². The molecule has 0 radical (unpaired) electrons. The Morgan fingerprint density at radius 3 is 2.11 bits per heavy atom. The number of carbonyl (C=O) groups is 2. The summed E-state index contributed by atoms with van der Waals surface area (Å²) >= 11 is 5.86. The zero-order valence-corrected chi connectivity index (χ0v) is 16.5. The third-order valence-corrected chi connectivity index (χ3v) is 6.54. The van der Waals surface area contributed by atoms with Crippen LogP contribution >= 0.6 is 11.6 Å². The van der Waals surface area contributed by atoms with Gasteiger partial charge in [0.25, 0.3) is 0 Å². The van der Waals surface area contributed by atoms with Gasteiger partial charge < -0.3 is 10.1 Å². The van der Waals surface area contributed by atoms with E-state index in [0.29, 0.717) is 0 Å². The van der Waals surface area contributed by atoms with Gasteiger partial charge in [-0.1, -0.05) is 67.8 Å². The molecule has 0 aliphatic heterocycles. The second kappa shape index (κ2) is 7.96. The summed E-state index contributed by atoms with van der Waals surface area (Å²) in [7, 11) is 0. The van der Waals surface area contributed by atoms with Crippen LogP contribution in [0.25, 0.3) is 11.1 Å². The first kappa shape index (κ1) is 19.0. The summed E-state index contributed by atoms with van der Waals surface area (Å²) in [6.45, 7) is 0.508. The predicted molar refractivity (Wildman–Crippen MR) is 109 cm³/mol. The van der Waals surface area contributed by atoms with Crippen molar-refractivity contribution in [2.24, 2.45) is 5.41 Å². The molecule has 1 amide bonds. The molecule has 2 aromatic carbocycles. The number of nitrogens with one attached hydrogen (secondary N) is 1. The molecular formula is C23H24ClNO3. The van der Waals surface area contributed by atoms with E-state index in [1.165, 1.54) is 22.3 Å². The van der Waals surface area contributed by atoms with Gasteiger partial charge in [0, 0.05) is 12.5 Å². The fraction of sp³-hybridized carbons (Fsp3) is 0.391. The zero-order chi connectivity index (χ0) is 19.6. The van der Waals surface area contributed by atoms with E-state index in [-0.39, 0.29) is 24.3 Å². The van der Waals surface area contributed by atoms with E-state index in [1.807, 2.05) is 24.3 Å². The van der Waals surface area contributed by atoms with Crippen molar-refractivity contribution in [1.29, 1.82) is 0 Å². The summed E-state index contributed by atoms with van der Waals surface area (Å²) < 4.78 is 5.55. The van der Waals surface area contributed by atoms with E-state index in [1.54, 1.807) is 0 Å². The molecule has 2 aliphatic carbocycles. The Morgan fingerprint density at radius 2 is 1.54 bits per heavy atom. The molecule has 1 N–H and O–H groups in total. The lowest BCUT2D eigenvalue weighted by molar-refractivity contribution is -0.121. The van der Waals surface area contributed by atoms with E-state index >= 15 is 0 Å². The third-order valence-electron chi connectivity index (χ3n) is 6.14. The number of benzene rings is 2. The van der Waals surface area contributed by atoms with Crippen molar-refractivity contribution in [2.45, 2.75) is 38.0 Å². The highest BCUT2D eigenvalue weighted by molar-refractivity contribution is 6.64. The number of fused-ring (bicyclic) bond motifs is 3. The average molecular weight is 398 g/mol. The van der Waals surface area contributed by atoms with Gasteiger partial charge in [-0.3, -0.25) is 4.79 Å². The SMILES string of the molecule is O=C(NCC1(C(=O)Cl)CCCCC1)OCC1c2ccccc2-c2ccccc21. The fourth-order valence-corrected chi connectivity index (χ4v) is 4.82. The number of ether oxygens (including phenoxy) is 1. The molecule has 28 heavy (non-hydrogen) atoms. The lowest BCUT2D eigenvalue weighted by Gasteiger charge is -2.33. The molecule has 0 spiro atoms. The van der Waals surface area contributed by atoms with Crippen LogP contribution in [0.3, 0.4) is 0 Å². The molecule has 2 aliphatic rings. The molecule has 1 saturated carbocycles. The van der Waals surface area contributed by atoms with Gasteiger partial charge in [-0.15, -0.1) is 0 Å². The van der Waals surface area contributed by atoms with Gasteiger partial charge in [0.15, 0.2) is 0 Å². The quantitative estimate of drug-likeness (QED) is 0.702. The van der Waals surface area contributed by atoms with E-state index in [0.717, 1.165) is 32.1 Å². The second-order valence-electron chi connectivity index (χ2n) is 7.79. The van der Waals surface area contributed by atoms with Gasteiger partial charge in [0.2, 0.25) is 5.24 Å². The van der Waals surface area contributed by atoms with Crippen LogP contribution in [0, 0.1) is 5.41 Å². The number of halogens is 1. The molecule has 0 saturated heterocycles. The highest BCUT2D eigenvalue weighted by atomic mass is 35.5. The van der Waals surface area contributed by atoms with Crippen LogP contribution < -0.4 is 5.32 Å². The molecule has 4 rings (SSSR count). The lowest BCUT2D eigenvalue weighted by Crippen LogP contribution is -2.43. The minimum atomic E-state index is -0.647. The molecular weight excluding hydrogens is 374 g/mol. The smallest absolute Gasteiger partial charge is 0.407 e. The number of hydrogen-bond donors (Lipinski definition) is 1. The summed E-state index contributed by atoms with van der Waals surface area (Å²) in [6.07, 6.45) is 3.98. The van der Waals surface area contributed by atoms with Crippen molar-refractivity contribution in [3.05, 3.63) is 59.7 Å². The summed E-state index contributed by atoms with van der Waals surface area (Å²) in [5.74, 6) is 0.0245. The van der Waals surface area contributed by atoms with Crippen LogP contribution in [0.2, 0.25) is 0 Å².